The van der Waals surface area contributed by atoms with Crippen LogP contribution in [-0.2, 0) is 15.1 Å². The Morgan fingerprint density at radius 1 is 1.16 bits per heavy atom. The van der Waals surface area contributed by atoms with E-state index in [-0.39, 0.29) is 11.9 Å². The molecular weight excluding hydrogens is 238 g/mol. The molecule has 0 unspecified atom stereocenters. The van der Waals surface area contributed by atoms with Crippen molar-refractivity contribution in [2.45, 2.75) is 37.7 Å². The van der Waals surface area contributed by atoms with Crippen LogP contribution in [-0.4, -0.2) is 19.1 Å². The molecular formula is C16H21NO2. The molecule has 0 radical (unpaired) electrons. The molecule has 1 N–H and O–H groups in total. The minimum absolute atomic E-state index is 0.0111. The molecule has 1 saturated carbocycles. The lowest BCUT2D eigenvalue weighted by atomic mass is 9.82. The Kier molecular flexibility index (Phi) is 3.56. The maximum atomic E-state index is 12.2. The standard InChI is InChI=1S/C16H21NO2/c18-15(13-5-4-6-13)19-16(9-11-17-12-10-16)14-7-2-1-3-8-14/h1-3,7-8,13,17H,4-6,9-12H2. The first-order valence-corrected chi connectivity index (χ1v) is 7.29. The first-order valence-electron chi connectivity index (χ1n) is 7.29. The Labute approximate surface area is 114 Å². The van der Waals surface area contributed by atoms with Gasteiger partial charge in [0.25, 0.3) is 0 Å². The highest BCUT2D eigenvalue weighted by Crippen LogP contribution is 2.38. The molecule has 0 bridgehead atoms. The Hall–Kier alpha value is -1.35. The van der Waals surface area contributed by atoms with Crippen LogP contribution in [0.2, 0.25) is 0 Å². The Morgan fingerprint density at radius 2 is 1.84 bits per heavy atom. The van der Waals surface area contributed by atoms with Crippen LogP contribution in [0.15, 0.2) is 30.3 Å². The van der Waals surface area contributed by atoms with E-state index in [0.717, 1.165) is 44.3 Å². The lowest BCUT2D eigenvalue weighted by Gasteiger charge is -2.39. The predicted octanol–water partition coefficient (Wildman–Crippen LogP) is 2.61. The van der Waals surface area contributed by atoms with Crippen LogP contribution in [0.4, 0.5) is 0 Å². The maximum absolute atomic E-state index is 12.2. The number of piperidine rings is 1. The van der Waals surface area contributed by atoms with E-state index in [1.165, 1.54) is 6.42 Å². The van der Waals surface area contributed by atoms with Crippen molar-refractivity contribution in [1.82, 2.24) is 5.32 Å². The van der Waals surface area contributed by atoms with Gasteiger partial charge in [0.1, 0.15) is 5.60 Å². The van der Waals surface area contributed by atoms with Gasteiger partial charge in [-0.25, -0.2) is 0 Å². The van der Waals surface area contributed by atoms with Gasteiger partial charge in [-0.1, -0.05) is 36.8 Å². The monoisotopic (exact) mass is 259 g/mol. The van der Waals surface area contributed by atoms with Crippen LogP contribution in [0.25, 0.3) is 0 Å². The van der Waals surface area contributed by atoms with Crippen molar-refractivity contribution in [1.29, 1.82) is 0 Å². The van der Waals surface area contributed by atoms with Crippen LogP contribution in [0.5, 0.6) is 0 Å². The number of nitrogens with one attached hydrogen (secondary N) is 1. The predicted molar refractivity (Wildman–Crippen MR) is 73.7 cm³/mol. The molecule has 102 valence electrons. The van der Waals surface area contributed by atoms with E-state index < -0.39 is 5.60 Å². The smallest absolute Gasteiger partial charge is 0.309 e. The third-order valence-corrected chi connectivity index (χ3v) is 4.45. The topological polar surface area (TPSA) is 38.3 Å². The molecule has 2 fully saturated rings. The summed E-state index contributed by atoms with van der Waals surface area (Å²) in [5, 5.41) is 3.35. The molecule has 1 aliphatic carbocycles. The zero-order valence-electron chi connectivity index (χ0n) is 11.2. The number of rotatable bonds is 3. The minimum Gasteiger partial charge on any atom is -0.454 e. The summed E-state index contributed by atoms with van der Waals surface area (Å²) >= 11 is 0. The van der Waals surface area contributed by atoms with Gasteiger partial charge in [-0.2, -0.15) is 0 Å². The molecule has 3 rings (SSSR count). The third-order valence-electron chi connectivity index (χ3n) is 4.45. The van der Waals surface area contributed by atoms with E-state index in [1.807, 2.05) is 18.2 Å². The second-order valence-corrected chi connectivity index (χ2v) is 5.66. The van der Waals surface area contributed by atoms with E-state index in [1.54, 1.807) is 0 Å². The van der Waals surface area contributed by atoms with Gasteiger partial charge >= 0.3 is 5.97 Å². The number of benzene rings is 1. The molecule has 0 amide bonds. The lowest BCUT2D eigenvalue weighted by molar-refractivity contribution is -0.172. The molecule has 0 spiro atoms. The van der Waals surface area contributed by atoms with E-state index in [0.29, 0.717) is 0 Å². The molecule has 19 heavy (non-hydrogen) atoms. The van der Waals surface area contributed by atoms with Gasteiger partial charge in [-0.05, 0) is 31.5 Å². The largest absolute Gasteiger partial charge is 0.454 e. The maximum Gasteiger partial charge on any atom is 0.309 e. The number of carbonyl (C=O) groups is 1. The molecule has 1 heterocycles. The number of hydrogen-bond donors (Lipinski definition) is 1. The highest BCUT2D eigenvalue weighted by molar-refractivity contribution is 5.74. The summed E-state index contributed by atoms with van der Waals surface area (Å²) in [7, 11) is 0. The fourth-order valence-electron chi connectivity index (χ4n) is 2.94. The average Bonchev–Trinajstić information content (AvgIpc) is 2.38. The van der Waals surface area contributed by atoms with Gasteiger partial charge in [0.2, 0.25) is 0 Å². The zero-order valence-corrected chi connectivity index (χ0v) is 11.2. The lowest BCUT2D eigenvalue weighted by Crippen LogP contribution is -2.44. The molecule has 0 atom stereocenters. The van der Waals surface area contributed by atoms with Crippen LogP contribution < -0.4 is 5.32 Å². The van der Waals surface area contributed by atoms with Crippen molar-refractivity contribution in [2.24, 2.45) is 5.92 Å². The number of esters is 1. The zero-order chi connectivity index (χ0) is 13.1. The third kappa shape index (κ3) is 2.52. The van der Waals surface area contributed by atoms with Crippen LogP contribution in [0.1, 0.15) is 37.7 Å². The SMILES string of the molecule is O=C(OC1(c2ccccc2)CCNCC1)C1CCC1. The fourth-order valence-corrected chi connectivity index (χ4v) is 2.94. The fraction of sp³-hybridized carbons (Fsp3) is 0.562. The van der Waals surface area contributed by atoms with E-state index in [2.05, 4.69) is 17.4 Å². The quantitative estimate of drug-likeness (QED) is 0.848. The Balaban J connectivity index is 1.82. The first kappa shape index (κ1) is 12.7. The second-order valence-electron chi connectivity index (χ2n) is 5.66. The Morgan fingerprint density at radius 3 is 2.42 bits per heavy atom. The summed E-state index contributed by atoms with van der Waals surface area (Å²) in [5.74, 6) is 0.160. The number of hydrogen-bond acceptors (Lipinski definition) is 3. The summed E-state index contributed by atoms with van der Waals surface area (Å²) in [6.45, 7) is 1.82. The number of ether oxygens (including phenoxy) is 1. The summed E-state index contributed by atoms with van der Waals surface area (Å²) in [6.07, 6.45) is 4.91. The molecule has 3 heteroatoms. The van der Waals surface area contributed by atoms with Gasteiger partial charge in [0.05, 0.1) is 5.92 Å². The Bertz CT molecular complexity index is 433. The van der Waals surface area contributed by atoms with Gasteiger partial charge in [0, 0.05) is 12.8 Å². The molecule has 1 aliphatic heterocycles. The average molecular weight is 259 g/mol. The van der Waals surface area contributed by atoms with Gasteiger partial charge < -0.3 is 10.1 Å². The van der Waals surface area contributed by atoms with E-state index in [4.69, 9.17) is 4.74 Å². The molecule has 3 nitrogen and oxygen atoms in total. The van der Waals surface area contributed by atoms with Gasteiger partial charge in [0.15, 0.2) is 0 Å². The van der Waals surface area contributed by atoms with Crippen molar-refractivity contribution in [2.75, 3.05) is 13.1 Å². The molecule has 0 aromatic heterocycles. The van der Waals surface area contributed by atoms with Crippen molar-refractivity contribution in [3.05, 3.63) is 35.9 Å². The first-order chi connectivity index (χ1) is 9.30. The summed E-state index contributed by atoms with van der Waals surface area (Å²) in [5.41, 5.74) is 0.739. The highest BCUT2D eigenvalue weighted by atomic mass is 16.6. The van der Waals surface area contributed by atoms with E-state index in [9.17, 15) is 4.79 Å². The summed E-state index contributed by atoms with van der Waals surface area (Å²) in [4.78, 5) is 12.2. The van der Waals surface area contributed by atoms with E-state index >= 15 is 0 Å². The van der Waals surface area contributed by atoms with Crippen molar-refractivity contribution in [3.8, 4) is 0 Å². The molecule has 2 aliphatic rings. The normalized spacial score (nSPS) is 22.5. The van der Waals surface area contributed by atoms with Crippen molar-refractivity contribution >= 4 is 5.97 Å². The minimum atomic E-state index is -0.404. The summed E-state index contributed by atoms with van der Waals surface area (Å²) < 4.78 is 5.99. The van der Waals surface area contributed by atoms with Crippen LogP contribution in [0, 0.1) is 5.92 Å². The second kappa shape index (κ2) is 5.33. The molecule has 1 saturated heterocycles. The number of carbonyl (C=O) groups excluding carboxylic acids is 1. The van der Waals surface area contributed by atoms with Crippen molar-refractivity contribution in [3.63, 3.8) is 0 Å². The van der Waals surface area contributed by atoms with Crippen LogP contribution in [0.3, 0.4) is 0 Å². The molecule has 1 aromatic carbocycles. The molecule has 1 aromatic rings. The summed E-state index contributed by atoms with van der Waals surface area (Å²) in [6, 6.07) is 10.2. The van der Waals surface area contributed by atoms with Gasteiger partial charge in [-0.15, -0.1) is 0 Å². The van der Waals surface area contributed by atoms with Gasteiger partial charge in [-0.3, -0.25) is 4.79 Å². The van der Waals surface area contributed by atoms with Crippen molar-refractivity contribution < 1.29 is 9.53 Å². The van der Waals surface area contributed by atoms with Crippen LogP contribution >= 0.6 is 0 Å². The highest BCUT2D eigenvalue weighted by Gasteiger charge is 2.40.